The van der Waals surface area contributed by atoms with Gasteiger partial charge in [0.15, 0.2) is 12.3 Å². The van der Waals surface area contributed by atoms with Gasteiger partial charge in [-0.25, -0.2) is 19.3 Å². The number of nitrogen functional groups attached to an aromatic ring is 1. The maximum Gasteiger partial charge on any atom is 0.260 e. The maximum absolute atomic E-state index is 13.0. The van der Waals surface area contributed by atoms with Crippen LogP contribution in [0.3, 0.4) is 0 Å². The van der Waals surface area contributed by atoms with Crippen LogP contribution < -0.4 is 10.5 Å². The van der Waals surface area contributed by atoms with Crippen LogP contribution in [0.5, 0.6) is 5.75 Å². The summed E-state index contributed by atoms with van der Waals surface area (Å²) in [5.74, 6) is 0.828. The van der Waals surface area contributed by atoms with E-state index in [1.807, 2.05) is 12.1 Å². The van der Waals surface area contributed by atoms with Gasteiger partial charge < -0.3 is 20.1 Å². The smallest absolute Gasteiger partial charge is 0.260 e. The zero-order valence-corrected chi connectivity index (χ0v) is 15.8. The van der Waals surface area contributed by atoms with Crippen molar-refractivity contribution < 1.29 is 18.7 Å². The molecule has 9 heteroatoms. The molecule has 150 valence electrons. The monoisotopic (exact) mass is 397 g/mol. The second-order valence-corrected chi connectivity index (χ2v) is 6.71. The van der Waals surface area contributed by atoms with Gasteiger partial charge in [-0.15, -0.1) is 0 Å². The summed E-state index contributed by atoms with van der Waals surface area (Å²) < 4.78 is 24.2. The topological polar surface area (TPSA) is 103 Å². The molecule has 0 bridgehead atoms. The second-order valence-electron chi connectivity index (χ2n) is 6.71. The van der Waals surface area contributed by atoms with Crippen molar-refractivity contribution in [3.05, 3.63) is 53.7 Å². The van der Waals surface area contributed by atoms with Gasteiger partial charge in [-0.05, 0) is 43.3 Å². The fraction of sp³-hybridized carbons (Fsp3) is 0.300. The largest absolute Gasteiger partial charge is 0.484 e. The van der Waals surface area contributed by atoms with Crippen LogP contribution in [0.25, 0.3) is 11.0 Å². The minimum Gasteiger partial charge on any atom is -0.484 e. The second kappa shape index (κ2) is 7.96. The summed E-state index contributed by atoms with van der Waals surface area (Å²) >= 11 is 0. The first kappa shape index (κ1) is 19.0. The minimum absolute atomic E-state index is 0.132. The number of rotatable bonds is 4. The Hall–Kier alpha value is -3.33. The number of anilines is 1. The van der Waals surface area contributed by atoms with E-state index in [-0.39, 0.29) is 24.4 Å². The van der Waals surface area contributed by atoms with Crippen LogP contribution in [-0.2, 0) is 9.53 Å². The molecule has 1 amide bonds. The van der Waals surface area contributed by atoms with E-state index >= 15 is 0 Å². The van der Waals surface area contributed by atoms with Crippen LogP contribution in [0, 0.1) is 12.7 Å². The molecule has 2 aromatic heterocycles. The summed E-state index contributed by atoms with van der Waals surface area (Å²) in [6.45, 7) is 2.82. The van der Waals surface area contributed by atoms with Gasteiger partial charge in [0.25, 0.3) is 5.91 Å². The van der Waals surface area contributed by atoms with Crippen molar-refractivity contribution in [1.29, 1.82) is 0 Å². The molecule has 3 aromatic rings. The lowest BCUT2D eigenvalue weighted by atomic mass is 10.1. The van der Waals surface area contributed by atoms with Crippen molar-refractivity contribution in [2.75, 3.05) is 32.0 Å². The van der Waals surface area contributed by atoms with Gasteiger partial charge in [0.05, 0.1) is 24.2 Å². The highest BCUT2D eigenvalue weighted by Gasteiger charge is 2.27. The van der Waals surface area contributed by atoms with Crippen molar-refractivity contribution in [1.82, 2.24) is 19.9 Å². The van der Waals surface area contributed by atoms with E-state index in [9.17, 15) is 9.18 Å². The average Bonchev–Trinajstić information content (AvgIpc) is 2.72. The normalized spacial score (nSPS) is 16.8. The number of hydrogen-bond donors (Lipinski definition) is 1. The predicted octanol–water partition coefficient (Wildman–Crippen LogP) is 2.03. The van der Waals surface area contributed by atoms with Crippen molar-refractivity contribution >= 4 is 22.8 Å². The highest BCUT2D eigenvalue weighted by molar-refractivity contribution is 5.85. The molecule has 0 radical (unpaired) electrons. The van der Waals surface area contributed by atoms with Gasteiger partial charge in [0, 0.05) is 6.54 Å². The number of halogens is 1. The van der Waals surface area contributed by atoms with Crippen LogP contribution in [0.4, 0.5) is 10.2 Å². The molecule has 8 nitrogen and oxygen atoms in total. The third kappa shape index (κ3) is 4.24. The Morgan fingerprint density at radius 1 is 1.24 bits per heavy atom. The summed E-state index contributed by atoms with van der Waals surface area (Å²) in [6.07, 6.45) is -0.376. The minimum atomic E-state index is -0.376. The summed E-state index contributed by atoms with van der Waals surface area (Å²) in [5.41, 5.74) is 7.10. The number of aryl methyl sites for hydroxylation is 1. The van der Waals surface area contributed by atoms with Crippen LogP contribution in [-0.4, -0.2) is 52.1 Å². The summed E-state index contributed by atoms with van der Waals surface area (Å²) in [4.78, 5) is 27.2. The molecule has 0 aliphatic carbocycles. The zero-order valence-electron chi connectivity index (χ0n) is 15.8. The van der Waals surface area contributed by atoms with E-state index in [4.69, 9.17) is 15.2 Å². The molecule has 1 aliphatic rings. The lowest BCUT2D eigenvalue weighted by Crippen LogP contribution is -2.44. The molecule has 1 aliphatic heterocycles. The van der Waals surface area contributed by atoms with E-state index in [1.54, 1.807) is 11.8 Å². The number of nitrogens with zero attached hydrogens (tertiary/aromatic N) is 4. The molecule has 0 unspecified atom stereocenters. The highest BCUT2D eigenvalue weighted by atomic mass is 19.1. The van der Waals surface area contributed by atoms with Crippen LogP contribution in [0.1, 0.15) is 17.6 Å². The number of fused-ring (bicyclic) bond motifs is 1. The van der Waals surface area contributed by atoms with Crippen LogP contribution in [0.15, 0.2) is 36.4 Å². The van der Waals surface area contributed by atoms with Gasteiger partial charge in [-0.2, -0.15) is 0 Å². The number of nitrogens with two attached hydrogens (primary N) is 1. The first-order valence-corrected chi connectivity index (χ1v) is 9.18. The lowest BCUT2D eigenvalue weighted by molar-refractivity contribution is -0.141. The van der Waals surface area contributed by atoms with Gasteiger partial charge in [-0.3, -0.25) is 4.79 Å². The quantitative estimate of drug-likeness (QED) is 0.718. The number of pyridine rings is 1. The Morgan fingerprint density at radius 3 is 2.83 bits per heavy atom. The number of ether oxygens (including phenoxy) is 2. The van der Waals surface area contributed by atoms with Gasteiger partial charge in [-0.1, -0.05) is 0 Å². The van der Waals surface area contributed by atoms with E-state index in [1.165, 1.54) is 24.3 Å². The summed E-state index contributed by atoms with van der Waals surface area (Å²) in [5, 5.41) is 0.677. The van der Waals surface area contributed by atoms with E-state index in [2.05, 4.69) is 15.0 Å². The standard InChI is InChI=1S/C20H20FN5O3/c1-12-23-19(22)15-6-7-16(25-20(15)24-12)17-10-26(8-9-28-17)18(27)11-29-14-4-2-13(21)3-5-14/h2-7,17H,8-11H2,1H3,(H2,22,23,24,25)/t17-/m1/s1. The van der Waals surface area contributed by atoms with Crippen molar-refractivity contribution in [3.8, 4) is 5.75 Å². The number of amides is 1. The number of carbonyl (C=O) groups is 1. The number of hydrogen-bond acceptors (Lipinski definition) is 7. The Balaban J connectivity index is 1.44. The van der Waals surface area contributed by atoms with Crippen LogP contribution in [0.2, 0.25) is 0 Å². The van der Waals surface area contributed by atoms with E-state index < -0.39 is 0 Å². The fourth-order valence-electron chi connectivity index (χ4n) is 3.16. The van der Waals surface area contributed by atoms with E-state index in [0.29, 0.717) is 53.8 Å². The summed E-state index contributed by atoms with van der Waals surface area (Å²) in [7, 11) is 0. The van der Waals surface area contributed by atoms with Gasteiger partial charge >= 0.3 is 0 Å². The van der Waals surface area contributed by atoms with Gasteiger partial charge in [0.1, 0.15) is 29.3 Å². The van der Waals surface area contributed by atoms with Crippen molar-refractivity contribution in [2.45, 2.75) is 13.0 Å². The third-order valence-electron chi connectivity index (χ3n) is 4.65. The molecule has 1 fully saturated rings. The number of benzene rings is 1. The molecular formula is C20H20FN5O3. The zero-order chi connectivity index (χ0) is 20.4. The molecule has 3 heterocycles. The number of morpholine rings is 1. The Bertz CT molecular complexity index is 1040. The first-order valence-electron chi connectivity index (χ1n) is 9.18. The Kier molecular flexibility index (Phi) is 5.22. The molecular weight excluding hydrogens is 377 g/mol. The third-order valence-corrected chi connectivity index (χ3v) is 4.65. The molecule has 2 N–H and O–H groups in total. The molecule has 1 aromatic carbocycles. The SMILES string of the molecule is Cc1nc(N)c2ccc([C@H]3CN(C(=O)COc4ccc(F)cc4)CCO3)nc2n1. The Morgan fingerprint density at radius 2 is 2.03 bits per heavy atom. The highest BCUT2D eigenvalue weighted by Crippen LogP contribution is 2.24. The number of carbonyl (C=O) groups excluding carboxylic acids is 1. The fourth-order valence-corrected chi connectivity index (χ4v) is 3.16. The average molecular weight is 397 g/mol. The maximum atomic E-state index is 13.0. The molecule has 1 saturated heterocycles. The molecule has 1 atom stereocenters. The molecule has 29 heavy (non-hydrogen) atoms. The lowest BCUT2D eigenvalue weighted by Gasteiger charge is -2.32. The number of aromatic nitrogens is 3. The summed E-state index contributed by atoms with van der Waals surface area (Å²) in [6, 6.07) is 9.17. The first-order chi connectivity index (χ1) is 14.0. The van der Waals surface area contributed by atoms with E-state index in [0.717, 1.165) is 0 Å². The van der Waals surface area contributed by atoms with Crippen molar-refractivity contribution in [3.63, 3.8) is 0 Å². The molecule has 0 spiro atoms. The molecule has 0 saturated carbocycles. The molecule has 4 rings (SSSR count). The van der Waals surface area contributed by atoms with Crippen molar-refractivity contribution in [2.24, 2.45) is 0 Å². The predicted molar refractivity (Wildman–Crippen MR) is 104 cm³/mol. The van der Waals surface area contributed by atoms with Gasteiger partial charge in [0.2, 0.25) is 0 Å². The van der Waals surface area contributed by atoms with Crippen LogP contribution >= 0.6 is 0 Å². The Labute approximate surface area is 166 Å².